The van der Waals surface area contributed by atoms with Crippen molar-refractivity contribution in [3.8, 4) is 0 Å². The van der Waals surface area contributed by atoms with Gasteiger partial charge in [-0.15, -0.1) is 0 Å². The van der Waals surface area contributed by atoms with Crippen molar-refractivity contribution >= 4 is 23.0 Å². The summed E-state index contributed by atoms with van der Waals surface area (Å²) >= 11 is 0. The van der Waals surface area contributed by atoms with Gasteiger partial charge in [-0.1, -0.05) is 13.3 Å². The van der Waals surface area contributed by atoms with Gasteiger partial charge in [0.05, 0.1) is 0 Å². The van der Waals surface area contributed by atoms with Crippen LogP contribution >= 0.6 is 0 Å². The van der Waals surface area contributed by atoms with Crippen LogP contribution in [0.5, 0.6) is 0 Å². The monoisotopic (exact) mass is 293 g/mol. The molecule has 0 bridgehead atoms. The Bertz CT molecular complexity index is 618. The summed E-state index contributed by atoms with van der Waals surface area (Å²) in [6, 6.07) is 3.49. The topological polar surface area (TPSA) is 75.9 Å². The maximum Gasteiger partial charge on any atom is 0.160 e. The Morgan fingerprint density at radius 3 is 2.62 bits per heavy atom. The highest BCUT2D eigenvalue weighted by molar-refractivity contribution is 5.77. The molecule has 0 saturated heterocycles. The van der Waals surface area contributed by atoms with E-state index in [2.05, 4.69) is 27.5 Å². The zero-order valence-corrected chi connectivity index (χ0v) is 11.7. The second-order valence-corrected chi connectivity index (χ2v) is 4.52. The molecular formula is C14H17F2N5. The van der Waals surface area contributed by atoms with Crippen molar-refractivity contribution in [1.82, 2.24) is 9.97 Å². The van der Waals surface area contributed by atoms with Gasteiger partial charge in [-0.05, 0) is 18.6 Å². The van der Waals surface area contributed by atoms with Gasteiger partial charge in [0.2, 0.25) is 0 Å². The number of rotatable bonds is 6. The molecule has 2 aromatic rings. The van der Waals surface area contributed by atoms with Gasteiger partial charge in [0.25, 0.3) is 0 Å². The third kappa shape index (κ3) is 3.77. The molecule has 7 heteroatoms. The highest BCUT2D eigenvalue weighted by atomic mass is 19.2. The van der Waals surface area contributed by atoms with E-state index in [-0.39, 0.29) is 0 Å². The Morgan fingerprint density at radius 2 is 1.90 bits per heavy atom. The van der Waals surface area contributed by atoms with E-state index >= 15 is 0 Å². The van der Waals surface area contributed by atoms with Crippen molar-refractivity contribution in [2.24, 2.45) is 0 Å². The van der Waals surface area contributed by atoms with Gasteiger partial charge in [-0.3, -0.25) is 0 Å². The summed E-state index contributed by atoms with van der Waals surface area (Å²) in [4.78, 5) is 8.07. The number of nitrogen functional groups attached to an aromatic ring is 1. The molecule has 21 heavy (non-hydrogen) atoms. The molecule has 0 aliphatic rings. The van der Waals surface area contributed by atoms with Crippen molar-refractivity contribution in [3.63, 3.8) is 0 Å². The SMILES string of the molecule is CCCCNc1ncnc(Nc2ccc(F)c(F)c2)c1N. The number of halogens is 2. The minimum absolute atomic E-state index is 0.332. The van der Waals surface area contributed by atoms with Gasteiger partial charge in [0.1, 0.15) is 12.0 Å². The van der Waals surface area contributed by atoms with Crippen LogP contribution in [-0.2, 0) is 0 Å². The van der Waals surface area contributed by atoms with E-state index in [4.69, 9.17) is 5.73 Å². The lowest BCUT2D eigenvalue weighted by atomic mass is 10.3. The van der Waals surface area contributed by atoms with Gasteiger partial charge in [0, 0.05) is 18.3 Å². The molecule has 0 unspecified atom stereocenters. The summed E-state index contributed by atoms with van der Waals surface area (Å²) in [7, 11) is 0. The third-order valence-corrected chi connectivity index (χ3v) is 2.89. The molecule has 2 rings (SSSR count). The minimum Gasteiger partial charge on any atom is -0.393 e. The molecule has 0 aliphatic carbocycles. The maximum absolute atomic E-state index is 13.2. The first kappa shape index (κ1) is 15.0. The van der Waals surface area contributed by atoms with E-state index in [1.54, 1.807) is 0 Å². The first-order valence-electron chi connectivity index (χ1n) is 6.68. The van der Waals surface area contributed by atoms with Crippen molar-refractivity contribution in [1.29, 1.82) is 0 Å². The predicted octanol–water partition coefficient (Wildman–Crippen LogP) is 3.29. The van der Waals surface area contributed by atoms with Crippen molar-refractivity contribution in [3.05, 3.63) is 36.2 Å². The van der Waals surface area contributed by atoms with E-state index in [1.807, 2.05) is 0 Å². The summed E-state index contributed by atoms with van der Waals surface area (Å²) in [5.41, 5.74) is 6.66. The molecule has 0 fully saturated rings. The largest absolute Gasteiger partial charge is 0.393 e. The second-order valence-electron chi connectivity index (χ2n) is 4.52. The molecule has 0 atom stereocenters. The number of hydrogen-bond acceptors (Lipinski definition) is 5. The van der Waals surface area contributed by atoms with Crippen molar-refractivity contribution < 1.29 is 8.78 Å². The Balaban J connectivity index is 2.16. The van der Waals surface area contributed by atoms with Gasteiger partial charge >= 0.3 is 0 Å². The predicted molar refractivity (Wildman–Crippen MR) is 79.5 cm³/mol. The Morgan fingerprint density at radius 1 is 1.14 bits per heavy atom. The first-order chi connectivity index (χ1) is 10.1. The smallest absolute Gasteiger partial charge is 0.160 e. The number of nitrogens with one attached hydrogen (secondary N) is 2. The van der Waals surface area contributed by atoms with E-state index in [9.17, 15) is 8.78 Å². The van der Waals surface area contributed by atoms with Crippen LogP contribution in [0, 0.1) is 11.6 Å². The van der Waals surface area contributed by atoms with Gasteiger partial charge < -0.3 is 16.4 Å². The standard InChI is InChI=1S/C14H17F2N5/c1-2-3-6-18-13-12(17)14(20-8-19-13)21-9-4-5-10(15)11(16)7-9/h4-5,7-8H,2-3,6,17H2,1H3,(H2,18,19,20,21). The van der Waals surface area contributed by atoms with Crippen molar-refractivity contribution in [2.75, 3.05) is 22.9 Å². The van der Waals surface area contributed by atoms with E-state index in [0.29, 0.717) is 23.0 Å². The molecule has 4 N–H and O–H groups in total. The molecule has 0 spiro atoms. The molecule has 0 saturated carbocycles. The summed E-state index contributed by atoms with van der Waals surface area (Å²) < 4.78 is 26.1. The Labute approximate surface area is 121 Å². The number of nitrogens with zero attached hydrogens (tertiary/aromatic N) is 2. The quantitative estimate of drug-likeness (QED) is 0.712. The fourth-order valence-corrected chi connectivity index (χ4v) is 1.73. The van der Waals surface area contributed by atoms with Crippen LogP contribution in [0.15, 0.2) is 24.5 Å². The summed E-state index contributed by atoms with van der Waals surface area (Å²) in [6.45, 7) is 2.84. The van der Waals surface area contributed by atoms with Crippen LogP contribution in [0.2, 0.25) is 0 Å². The van der Waals surface area contributed by atoms with Crippen LogP contribution in [0.1, 0.15) is 19.8 Å². The van der Waals surface area contributed by atoms with Crippen LogP contribution in [0.4, 0.5) is 31.8 Å². The minimum atomic E-state index is -0.936. The second kappa shape index (κ2) is 6.83. The molecule has 112 valence electrons. The molecule has 0 aliphatic heterocycles. The number of hydrogen-bond donors (Lipinski definition) is 3. The van der Waals surface area contributed by atoms with E-state index in [0.717, 1.165) is 31.5 Å². The average Bonchev–Trinajstić information content (AvgIpc) is 2.47. The van der Waals surface area contributed by atoms with Crippen LogP contribution < -0.4 is 16.4 Å². The lowest BCUT2D eigenvalue weighted by molar-refractivity contribution is 0.509. The zero-order valence-electron chi connectivity index (χ0n) is 11.7. The fraction of sp³-hybridized carbons (Fsp3) is 0.286. The molecular weight excluding hydrogens is 276 g/mol. The van der Waals surface area contributed by atoms with Gasteiger partial charge in [-0.2, -0.15) is 0 Å². The van der Waals surface area contributed by atoms with Gasteiger partial charge in [-0.25, -0.2) is 18.7 Å². The van der Waals surface area contributed by atoms with E-state index in [1.165, 1.54) is 12.4 Å². The summed E-state index contributed by atoms with van der Waals surface area (Å²) in [6.07, 6.45) is 3.40. The normalized spacial score (nSPS) is 10.4. The summed E-state index contributed by atoms with van der Waals surface area (Å²) in [5.74, 6) is -0.981. The van der Waals surface area contributed by atoms with Crippen LogP contribution in [0.3, 0.4) is 0 Å². The molecule has 0 radical (unpaired) electrons. The Kier molecular flexibility index (Phi) is 4.86. The number of aromatic nitrogens is 2. The molecule has 1 aromatic carbocycles. The van der Waals surface area contributed by atoms with Crippen molar-refractivity contribution in [2.45, 2.75) is 19.8 Å². The first-order valence-corrected chi connectivity index (χ1v) is 6.68. The fourth-order valence-electron chi connectivity index (χ4n) is 1.73. The average molecular weight is 293 g/mol. The van der Waals surface area contributed by atoms with Gasteiger partial charge in [0.15, 0.2) is 23.3 Å². The molecule has 5 nitrogen and oxygen atoms in total. The number of anilines is 4. The molecule has 1 heterocycles. The lowest BCUT2D eigenvalue weighted by Crippen LogP contribution is -2.09. The van der Waals surface area contributed by atoms with Crippen LogP contribution in [-0.4, -0.2) is 16.5 Å². The highest BCUT2D eigenvalue weighted by Gasteiger charge is 2.09. The molecule has 1 aromatic heterocycles. The zero-order chi connectivity index (χ0) is 15.2. The van der Waals surface area contributed by atoms with E-state index < -0.39 is 11.6 Å². The number of unbranched alkanes of at least 4 members (excludes halogenated alkanes) is 1. The highest BCUT2D eigenvalue weighted by Crippen LogP contribution is 2.26. The number of benzene rings is 1. The molecule has 0 amide bonds. The lowest BCUT2D eigenvalue weighted by Gasteiger charge is -2.12. The number of nitrogens with two attached hydrogens (primary N) is 1. The maximum atomic E-state index is 13.2. The summed E-state index contributed by atoms with van der Waals surface area (Å²) in [5, 5.41) is 5.96. The third-order valence-electron chi connectivity index (χ3n) is 2.89. The Hall–Kier alpha value is -2.44. The van der Waals surface area contributed by atoms with Crippen LogP contribution in [0.25, 0.3) is 0 Å².